The van der Waals surface area contributed by atoms with E-state index in [0.29, 0.717) is 12.4 Å². The van der Waals surface area contributed by atoms with Crippen LogP contribution in [0, 0.1) is 6.92 Å². The Morgan fingerprint density at radius 1 is 1.85 bits per heavy atom. The molecule has 1 N–H and O–H groups in total. The van der Waals surface area contributed by atoms with Crippen molar-refractivity contribution in [3.8, 4) is 0 Å². The van der Waals surface area contributed by atoms with Gasteiger partial charge in [-0.3, -0.25) is 0 Å². The van der Waals surface area contributed by atoms with Crippen molar-refractivity contribution < 1.29 is 4.42 Å². The fraction of sp³-hybridized carbons (Fsp3) is 0.444. The average molecular weight is 245 g/mol. The fourth-order valence-electron chi connectivity index (χ4n) is 0.924. The lowest BCUT2D eigenvalue weighted by Gasteiger charge is -2.08. The van der Waals surface area contributed by atoms with Crippen LogP contribution in [-0.4, -0.2) is 11.5 Å². The average Bonchev–Trinajstić information content (AvgIpc) is 2.47. The van der Waals surface area contributed by atoms with Crippen molar-refractivity contribution >= 4 is 15.9 Å². The second-order valence-electron chi connectivity index (χ2n) is 2.93. The summed E-state index contributed by atoms with van der Waals surface area (Å²) in [6.45, 7) is 8.32. The summed E-state index contributed by atoms with van der Waals surface area (Å²) in [6, 6.07) is 0.114. The van der Waals surface area contributed by atoms with Gasteiger partial charge in [0.05, 0.1) is 12.2 Å². The number of aryl methyl sites for hydroxylation is 1. The Morgan fingerprint density at radius 2 is 2.54 bits per heavy atom. The highest BCUT2D eigenvalue weighted by Gasteiger charge is 2.09. The van der Waals surface area contributed by atoms with E-state index in [-0.39, 0.29) is 6.04 Å². The van der Waals surface area contributed by atoms with Gasteiger partial charge in [0.15, 0.2) is 0 Å². The summed E-state index contributed by atoms with van der Waals surface area (Å²) in [6.07, 6.45) is 1.72. The second-order valence-corrected chi connectivity index (χ2v) is 4.05. The third kappa shape index (κ3) is 3.32. The van der Waals surface area contributed by atoms with Crippen LogP contribution >= 0.6 is 15.9 Å². The van der Waals surface area contributed by atoms with Gasteiger partial charge >= 0.3 is 0 Å². The van der Waals surface area contributed by atoms with Crippen LogP contribution in [0.5, 0.6) is 0 Å². The van der Waals surface area contributed by atoms with Crippen LogP contribution in [0.3, 0.4) is 0 Å². The van der Waals surface area contributed by atoms with E-state index < -0.39 is 0 Å². The van der Waals surface area contributed by atoms with Crippen LogP contribution < -0.4 is 5.32 Å². The van der Waals surface area contributed by atoms with Crippen molar-refractivity contribution in [2.45, 2.75) is 19.9 Å². The molecule has 0 saturated heterocycles. The van der Waals surface area contributed by atoms with Gasteiger partial charge < -0.3 is 9.73 Å². The Bertz CT molecular complexity index is 296. The quantitative estimate of drug-likeness (QED) is 0.885. The first-order chi connectivity index (χ1) is 6.09. The molecule has 0 amide bonds. The minimum absolute atomic E-state index is 0.114. The Hall–Kier alpha value is -0.610. The van der Waals surface area contributed by atoms with Crippen molar-refractivity contribution in [2.24, 2.45) is 0 Å². The molecular formula is C9H13BrN2O. The molecule has 1 heterocycles. The molecule has 0 spiro atoms. The van der Waals surface area contributed by atoms with E-state index >= 15 is 0 Å². The SMILES string of the molecule is C=C(Br)CNC(C)c1ncc(C)o1. The van der Waals surface area contributed by atoms with Gasteiger partial charge in [-0.05, 0) is 13.8 Å². The van der Waals surface area contributed by atoms with Crippen molar-refractivity contribution in [3.63, 3.8) is 0 Å². The maximum Gasteiger partial charge on any atom is 0.211 e. The molecule has 0 aliphatic heterocycles. The normalized spacial score (nSPS) is 12.8. The molecule has 0 fully saturated rings. The molecule has 3 nitrogen and oxygen atoms in total. The third-order valence-corrected chi connectivity index (χ3v) is 1.89. The van der Waals surface area contributed by atoms with Gasteiger partial charge in [-0.1, -0.05) is 22.5 Å². The first kappa shape index (κ1) is 10.5. The summed E-state index contributed by atoms with van der Waals surface area (Å²) < 4.78 is 6.28. The smallest absolute Gasteiger partial charge is 0.211 e. The Balaban J connectivity index is 2.48. The van der Waals surface area contributed by atoms with Gasteiger partial charge in [0.2, 0.25) is 5.89 Å². The molecule has 1 unspecified atom stereocenters. The zero-order valence-electron chi connectivity index (χ0n) is 7.80. The second kappa shape index (κ2) is 4.58. The van der Waals surface area contributed by atoms with Gasteiger partial charge in [0.25, 0.3) is 0 Å². The van der Waals surface area contributed by atoms with Gasteiger partial charge in [-0.2, -0.15) is 0 Å². The van der Waals surface area contributed by atoms with Crippen LogP contribution in [0.15, 0.2) is 21.7 Å². The minimum atomic E-state index is 0.114. The van der Waals surface area contributed by atoms with E-state index in [1.807, 2.05) is 13.8 Å². The number of rotatable bonds is 4. The van der Waals surface area contributed by atoms with E-state index in [2.05, 4.69) is 32.8 Å². The zero-order chi connectivity index (χ0) is 9.84. The molecule has 0 aliphatic carbocycles. The summed E-state index contributed by atoms with van der Waals surface area (Å²) in [4.78, 5) is 4.12. The molecule has 72 valence electrons. The fourth-order valence-corrected chi connectivity index (χ4v) is 1.09. The maximum atomic E-state index is 5.36. The monoisotopic (exact) mass is 244 g/mol. The van der Waals surface area contributed by atoms with Crippen LogP contribution in [-0.2, 0) is 0 Å². The molecule has 0 aromatic carbocycles. The number of nitrogens with zero attached hydrogens (tertiary/aromatic N) is 1. The van der Waals surface area contributed by atoms with E-state index in [1.54, 1.807) is 6.20 Å². The number of oxazole rings is 1. The summed E-state index contributed by atoms with van der Waals surface area (Å²) in [5, 5.41) is 3.21. The molecule has 1 atom stereocenters. The molecule has 4 heteroatoms. The first-order valence-corrected chi connectivity index (χ1v) is 4.88. The van der Waals surface area contributed by atoms with Crippen molar-refractivity contribution in [1.29, 1.82) is 0 Å². The summed E-state index contributed by atoms with van der Waals surface area (Å²) in [5.74, 6) is 1.55. The highest BCUT2D eigenvalue weighted by molar-refractivity contribution is 9.11. The van der Waals surface area contributed by atoms with Crippen LogP contribution in [0.25, 0.3) is 0 Å². The lowest BCUT2D eigenvalue weighted by atomic mass is 10.3. The first-order valence-electron chi connectivity index (χ1n) is 4.08. The number of hydrogen-bond acceptors (Lipinski definition) is 3. The van der Waals surface area contributed by atoms with Gasteiger partial charge in [-0.15, -0.1) is 0 Å². The Morgan fingerprint density at radius 3 is 3.00 bits per heavy atom. The summed E-state index contributed by atoms with van der Waals surface area (Å²) in [7, 11) is 0. The molecule has 0 aliphatic rings. The summed E-state index contributed by atoms with van der Waals surface area (Å²) in [5.41, 5.74) is 0. The lowest BCUT2D eigenvalue weighted by Crippen LogP contribution is -2.19. The largest absolute Gasteiger partial charge is 0.444 e. The van der Waals surface area contributed by atoms with Crippen LogP contribution in [0.1, 0.15) is 24.6 Å². The van der Waals surface area contributed by atoms with E-state index in [9.17, 15) is 0 Å². The number of aromatic nitrogens is 1. The van der Waals surface area contributed by atoms with Gasteiger partial charge in [0, 0.05) is 11.0 Å². The molecule has 1 rings (SSSR count). The predicted molar refractivity (Wildman–Crippen MR) is 55.7 cm³/mol. The predicted octanol–water partition coefficient (Wildman–Crippen LogP) is 2.54. The molecule has 0 saturated carbocycles. The minimum Gasteiger partial charge on any atom is -0.444 e. The standard InChI is InChI=1S/C9H13BrN2O/c1-6(10)4-11-8(3)9-12-5-7(2)13-9/h5,8,11H,1,4H2,2-3H3. The third-order valence-electron chi connectivity index (χ3n) is 1.61. The van der Waals surface area contributed by atoms with E-state index in [0.717, 1.165) is 10.2 Å². The summed E-state index contributed by atoms with van der Waals surface area (Å²) >= 11 is 3.27. The van der Waals surface area contributed by atoms with E-state index in [1.165, 1.54) is 0 Å². The molecular weight excluding hydrogens is 232 g/mol. The number of nitrogens with one attached hydrogen (secondary N) is 1. The highest BCUT2D eigenvalue weighted by Crippen LogP contribution is 2.12. The Labute approximate surface area is 86.4 Å². The molecule has 0 bridgehead atoms. The number of halogens is 1. The lowest BCUT2D eigenvalue weighted by molar-refractivity contribution is 0.411. The molecule has 1 aromatic rings. The van der Waals surface area contributed by atoms with Crippen molar-refractivity contribution in [3.05, 3.63) is 28.9 Å². The van der Waals surface area contributed by atoms with Crippen LogP contribution in [0.4, 0.5) is 0 Å². The molecule has 1 aromatic heterocycles. The van der Waals surface area contributed by atoms with Crippen LogP contribution in [0.2, 0.25) is 0 Å². The molecule has 13 heavy (non-hydrogen) atoms. The number of hydrogen-bond donors (Lipinski definition) is 1. The maximum absolute atomic E-state index is 5.36. The van der Waals surface area contributed by atoms with Crippen molar-refractivity contribution in [1.82, 2.24) is 10.3 Å². The van der Waals surface area contributed by atoms with Crippen molar-refractivity contribution in [2.75, 3.05) is 6.54 Å². The Kier molecular flexibility index (Phi) is 3.69. The molecule has 0 radical (unpaired) electrons. The topological polar surface area (TPSA) is 38.1 Å². The van der Waals surface area contributed by atoms with Gasteiger partial charge in [0.1, 0.15) is 5.76 Å². The zero-order valence-corrected chi connectivity index (χ0v) is 9.39. The van der Waals surface area contributed by atoms with Gasteiger partial charge in [-0.25, -0.2) is 4.98 Å². The highest BCUT2D eigenvalue weighted by atomic mass is 79.9. The van der Waals surface area contributed by atoms with E-state index in [4.69, 9.17) is 4.42 Å².